The zero-order chi connectivity index (χ0) is 13.7. The summed E-state index contributed by atoms with van der Waals surface area (Å²) < 4.78 is 0. The minimum atomic E-state index is -0.400. The molecule has 1 aromatic rings. The number of hydrogen-bond acceptors (Lipinski definition) is 2. The fourth-order valence-corrected chi connectivity index (χ4v) is 2.15. The molecule has 0 aromatic heterocycles. The highest BCUT2D eigenvalue weighted by Gasteiger charge is 2.16. The van der Waals surface area contributed by atoms with Crippen molar-refractivity contribution in [3.63, 3.8) is 0 Å². The highest BCUT2D eigenvalue weighted by Crippen LogP contribution is 2.18. The van der Waals surface area contributed by atoms with Crippen LogP contribution in [0.25, 0.3) is 0 Å². The number of carbonyl (C=O) groups is 1. The molecule has 3 heteroatoms. The number of amides is 1. The van der Waals surface area contributed by atoms with E-state index in [1.54, 1.807) is 0 Å². The Labute approximate surface area is 110 Å². The molecule has 0 aliphatic heterocycles. The summed E-state index contributed by atoms with van der Waals surface area (Å²) in [7, 11) is 0. The zero-order valence-corrected chi connectivity index (χ0v) is 11.8. The molecule has 2 atom stereocenters. The Kier molecular flexibility index (Phi) is 5.35. The molecule has 18 heavy (non-hydrogen) atoms. The molecule has 0 spiro atoms. The molecule has 0 heterocycles. The van der Waals surface area contributed by atoms with E-state index in [1.807, 2.05) is 13.8 Å². The molecule has 1 aromatic carbocycles. The number of benzene rings is 1. The van der Waals surface area contributed by atoms with Crippen LogP contribution >= 0.6 is 0 Å². The van der Waals surface area contributed by atoms with Crippen LogP contribution in [0.15, 0.2) is 18.2 Å². The molecule has 3 N–H and O–H groups in total. The smallest absolute Gasteiger partial charge is 0.237 e. The summed E-state index contributed by atoms with van der Waals surface area (Å²) in [5, 5.41) is 2.98. The topological polar surface area (TPSA) is 55.1 Å². The summed E-state index contributed by atoms with van der Waals surface area (Å²) in [6.07, 6.45) is 1.65. The van der Waals surface area contributed by atoms with E-state index in [-0.39, 0.29) is 11.9 Å². The van der Waals surface area contributed by atoms with E-state index < -0.39 is 6.04 Å². The lowest BCUT2D eigenvalue weighted by Crippen LogP contribution is -2.41. The summed E-state index contributed by atoms with van der Waals surface area (Å²) in [6, 6.07) is 5.87. The van der Waals surface area contributed by atoms with Gasteiger partial charge in [-0.2, -0.15) is 0 Å². The third kappa shape index (κ3) is 3.84. The van der Waals surface area contributed by atoms with Crippen LogP contribution in [0.5, 0.6) is 0 Å². The molecular weight excluding hydrogens is 224 g/mol. The van der Waals surface area contributed by atoms with Crippen LogP contribution in [-0.4, -0.2) is 11.9 Å². The Hall–Kier alpha value is -1.35. The molecule has 3 nitrogen and oxygen atoms in total. The van der Waals surface area contributed by atoms with E-state index in [9.17, 15) is 4.79 Å². The van der Waals surface area contributed by atoms with Crippen LogP contribution in [0.3, 0.4) is 0 Å². The van der Waals surface area contributed by atoms with E-state index in [1.165, 1.54) is 11.1 Å². The fraction of sp³-hybridized carbons (Fsp3) is 0.533. The van der Waals surface area contributed by atoms with Crippen molar-refractivity contribution in [1.29, 1.82) is 0 Å². The number of aryl methyl sites for hydroxylation is 2. The van der Waals surface area contributed by atoms with Gasteiger partial charge in [-0.25, -0.2) is 0 Å². The van der Waals surface area contributed by atoms with Gasteiger partial charge in [0.1, 0.15) is 0 Å². The largest absolute Gasteiger partial charge is 0.348 e. The monoisotopic (exact) mass is 248 g/mol. The molecule has 0 fully saturated rings. The Bertz CT molecular complexity index is 415. The molecule has 0 saturated carbocycles. The van der Waals surface area contributed by atoms with Crippen molar-refractivity contribution in [3.05, 3.63) is 34.9 Å². The van der Waals surface area contributed by atoms with Gasteiger partial charge >= 0.3 is 0 Å². The standard InChI is InChI=1S/C15H24N2O/c1-5-6-14(16)15(18)17-12(4)13-8-7-10(2)9-11(13)3/h7-9,12,14H,5-6,16H2,1-4H3,(H,17,18). The Morgan fingerprint density at radius 1 is 1.39 bits per heavy atom. The van der Waals surface area contributed by atoms with Gasteiger partial charge in [0.2, 0.25) is 5.91 Å². The molecule has 1 amide bonds. The lowest BCUT2D eigenvalue weighted by atomic mass is 10.00. The quantitative estimate of drug-likeness (QED) is 0.841. The van der Waals surface area contributed by atoms with Crippen LogP contribution in [-0.2, 0) is 4.79 Å². The predicted octanol–water partition coefficient (Wildman–Crippen LogP) is 2.61. The maximum atomic E-state index is 11.9. The van der Waals surface area contributed by atoms with Crippen molar-refractivity contribution in [2.45, 2.75) is 52.6 Å². The first-order valence-electron chi connectivity index (χ1n) is 6.58. The first-order chi connectivity index (χ1) is 8.45. The Balaban J connectivity index is 2.70. The van der Waals surface area contributed by atoms with Crippen LogP contribution in [0.4, 0.5) is 0 Å². The summed E-state index contributed by atoms with van der Waals surface area (Å²) in [5.74, 6) is -0.0654. The number of rotatable bonds is 5. The van der Waals surface area contributed by atoms with Crippen molar-refractivity contribution < 1.29 is 4.79 Å². The average Bonchev–Trinajstić information content (AvgIpc) is 2.28. The summed E-state index contributed by atoms with van der Waals surface area (Å²) in [5.41, 5.74) is 9.39. The third-order valence-electron chi connectivity index (χ3n) is 3.19. The Morgan fingerprint density at radius 2 is 2.06 bits per heavy atom. The van der Waals surface area contributed by atoms with E-state index in [0.717, 1.165) is 18.4 Å². The third-order valence-corrected chi connectivity index (χ3v) is 3.19. The van der Waals surface area contributed by atoms with Gasteiger partial charge in [-0.1, -0.05) is 37.1 Å². The number of nitrogens with two attached hydrogens (primary N) is 1. The van der Waals surface area contributed by atoms with Crippen LogP contribution in [0, 0.1) is 13.8 Å². The molecule has 0 aliphatic rings. The molecule has 100 valence electrons. The van der Waals surface area contributed by atoms with Gasteiger partial charge in [-0.05, 0) is 38.3 Å². The molecule has 2 unspecified atom stereocenters. The summed E-state index contributed by atoms with van der Waals surface area (Å²) >= 11 is 0. The second-order valence-electron chi connectivity index (χ2n) is 4.99. The number of carbonyl (C=O) groups excluding carboxylic acids is 1. The van der Waals surface area contributed by atoms with E-state index in [0.29, 0.717) is 0 Å². The van der Waals surface area contributed by atoms with Crippen molar-refractivity contribution in [3.8, 4) is 0 Å². The first-order valence-corrected chi connectivity index (χ1v) is 6.58. The summed E-state index contributed by atoms with van der Waals surface area (Å²) in [6.45, 7) is 8.16. The van der Waals surface area contributed by atoms with Crippen LogP contribution < -0.4 is 11.1 Å². The molecule has 1 rings (SSSR count). The van der Waals surface area contributed by atoms with Crippen molar-refractivity contribution in [2.75, 3.05) is 0 Å². The first kappa shape index (κ1) is 14.7. The second kappa shape index (κ2) is 6.55. The molecule has 0 aliphatic carbocycles. The normalized spacial score (nSPS) is 14.1. The highest BCUT2D eigenvalue weighted by molar-refractivity contribution is 5.81. The van der Waals surface area contributed by atoms with Crippen molar-refractivity contribution in [2.24, 2.45) is 5.73 Å². The maximum absolute atomic E-state index is 11.9. The van der Waals surface area contributed by atoms with E-state index in [4.69, 9.17) is 5.73 Å². The van der Waals surface area contributed by atoms with E-state index in [2.05, 4.69) is 37.4 Å². The SMILES string of the molecule is CCCC(N)C(=O)NC(C)c1ccc(C)cc1C. The van der Waals surface area contributed by atoms with Crippen molar-refractivity contribution >= 4 is 5.91 Å². The van der Waals surface area contributed by atoms with Crippen LogP contribution in [0.2, 0.25) is 0 Å². The molecule has 0 bridgehead atoms. The van der Waals surface area contributed by atoms with Gasteiger partial charge in [0.05, 0.1) is 12.1 Å². The highest BCUT2D eigenvalue weighted by atomic mass is 16.2. The minimum Gasteiger partial charge on any atom is -0.348 e. The fourth-order valence-electron chi connectivity index (χ4n) is 2.15. The van der Waals surface area contributed by atoms with Crippen molar-refractivity contribution in [1.82, 2.24) is 5.32 Å². The van der Waals surface area contributed by atoms with Gasteiger partial charge in [-0.15, -0.1) is 0 Å². The second-order valence-corrected chi connectivity index (χ2v) is 4.99. The van der Waals surface area contributed by atoms with Gasteiger partial charge in [-0.3, -0.25) is 4.79 Å². The average molecular weight is 248 g/mol. The molecule has 0 radical (unpaired) electrons. The lowest BCUT2D eigenvalue weighted by molar-refractivity contribution is -0.123. The van der Waals surface area contributed by atoms with Gasteiger partial charge < -0.3 is 11.1 Å². The van der Waals surface area contributed by atoms with Crippen LogP contribution in [0.1, 0.15) is 49.4 Å². The predicted molar refractivity (Wildman–Crippen MR) is 75.4 cm³/mol. The summed E-state index contributed by atoms with van der Waals surface area (Å²) in [4.78, 5) is 11.9. The minimum absolute atomic E-state index is 0.000932. The van der Waals surface area contributed by atoms with Gasteiger partial charge in [0, 0.05) is 0 Å². The maximum Gasteiger partial charge on any atom is 0.237 e. The Morgan fingerprint density at radius 3 is 2.61 bits per heavy atom. The molecular formula is C15H24N2O. The molecule has 0 saturated heterocycles. The van der Waals surface area contributed by atoms with Gasteiger partial charge in [0.25, 0.3) is 0 Å². The number of nitrogens with one attached hydrogen (secondary N) is 1. The lowest BCUT2D eigenvalue weighted by Gasteiger charge is -2.19. The van der Waals surface area contributed by atoms with Gasteiger partial charge in [0.15, 0.2) is 0 Å². The number of hydrogen-bond donors (Lipinski definition) is 2. The zero-order valence-electron chi connectivity index (χ0n) is 11.8. The van der Waals surface area contributed by atoms with E-state index >= 15 is 0 Å².